The molecule has 44 heavy (non-hydrogen) atoms. The van der Waals surface area contributed by atoms with Crippen LogP contribution < -0.4 is 10.6 Å². The summed E-state index contributed by atoms with van der Waals surface area (Å²) < 4.78 is 50.7. The van der Waals surface area contributed by atoms with Crippen molar-refractivity contribution >= 4 is 27.4 Å². The molecule has 2 aromatic heterocycles. The Labute approximate surface area is 254 Å². The van der Waals surface area contributed by atoms with E-state index in [1.54, 1.807) is 35.2 Å². The first-order valence-corrected chi connectivity index (χ1v) is 16.1. The van der Waals surface area contributed by atoms with Crippen LogP contribution >= 0.6 is 0 Å². The van der Waals surface area contributed by atoms with Crippen LogP contribution in [0.3, 0.4) is 0 Å². The van der Waals surface area contributed by atoms with Gasteiger partial charge in [-0.3, -0.25) is 10.2 Å². The predicted molar refractivity (Wildman–Crippen MR) is 163 cm³/mol. The molecule has 1 fully saturated rings. The molecule has 0 aliphatic carbocycles. The van der Waals surface area contributed by atoms with Crippen LogP contribution in [0, 0.1) is 18.6 Å². The lowest BCUT2D eigenvalue weighted by Gasteiger charge is -2.20. The van der Waals surface area contributed by atoms with Crippen LogP contribution in [0.5, 0.6) is 0 Å². The second-order valence-corrected chi connectivity index (χ2v) is 13.1. The fourth-order valence-corrected chi connectivity index (χ4v) is 5.38. The molecule has 0 saturated carbocycles. The number of hydrogen-bond acceptors (Lipinski definition) is 8. The Balaban J connectivity index is 1.43. The summed E-state index contributed by atoms with van der Waals surface area (Å²) in [6.45, 7) is 2.90. The number of urea groups is 1. The molecule has 1 aliphatic heterocycles. The quantitative estimate of drug-likeness (QED) is 0.268. The number of halogens is 2. The van der Waals surface area contributed by atoms with Crippen LogP contribution in [-0.4, -0.2) is 75.4 Å². The molecule has 2 aromatic carbocycles. The zero-order valence-electron chi connectivity index (χ0n) is 24.7. The minimum Gasteiger partial charge on any atom is -0.383 e. The first kappa shape index (κ1) is 31.2. The van der Waals surface area contributed by atoms with Gasteiger partial charge in [-0.25, -0.2) is 27.5 Å². The Kier molecular flexibility index (Phi) is 9.34. The maximum atomic E-state index is 14.1. The molecule has 11 nitrogen and oxygen atoms in total. The summed E-state index contributed by atoms with van der Waals surface area (Å²) in [7, 11) is -0.812. The maximum Gasteiger partial charge on any atom is 0.320 e. The van der Waals surface area contributed by atoms with Crippen LogP contribution in [0.15, 0.2) is 71.2 Å². The van der Waals surface area contributed by atoms with E-state index in [9.17, 15) is 17.8 Å². The molecule has 232 valence electrons. The SMILES string of the molecule is COCCN1C[C@@H](NC(=O)Nc2c(C)c(-c3ccc(N=S(C)(C)=O)nc3)nn2-c2ccccc2)[C@H](c2ccc(F)c(F)c2)O1. The third-order valence-corrected chi connectivity index (χ3v) is 7.48. The minimum absolute atomic E-state index is 0.285. The molecule has 5 rings (SSSR count). The number of anilines is 1. The van der Waals surface area contributed by atoms with Gasteiger partial charge in [0.2, 0.25) is 0 Å². The Hall–Kier alpha value is -4.24. The van der Waals surface area contributed by atoms with Crippen molar-refractivity contribution in [3.63, 3.8) is 0 Å². The topological polar surface area (TPSA) is 123 Å². The molecule has 2 amide bonds. The van der Waals surface area contributed by atoms with Crippen molar-refractivity contribution in [3.8, 4) is 16.9 Å². The highest BCUT2D eigenvalue weighted by Gasteiger charge is 2.37. The van der Waals surface area contributed by atoms with Gasteiger partial charge in [-0.15, -0.1) is 0 Å². The lowest BCUT2D eigenvalue weighted by atomic mass is 10.0. The summed E-state index contributed by atoms with van der Waals surface area (Å²) in [5.74, 6) is -1.22. The van der Waals surface area contributed by atoms with Gasteiger partial charge >= 0.3 is 6.03 Å². The van der Waals surface area contributed by atoms with E-state index in [1.807, 2.05) is 37.3 Å². The van der Waals surface area contributed by atoms with E-state index in [2.05, 4.69) is 20.0 Å². The molecule has 0 spiro atoms. The summed E-state index contributed by atoms with van der Waals surface area (Å²) in [5.41, 5.74) is 3.02. The van der Waals surface area contributed by atoms with E-state index in [0.29, 0.717) is 52.9 Å². The summed E-state index contributed by atoms with van der Waals surface area (Å²) >= 11 is 0. The maximum absolute atomic E-state index is 14.1. The average Bonchev–Trinajstić information content (AvgIpc) is 3.53. The van der Waals surface area contributed by atoms with Crippen LogP contribution in [0.25, 0.3) is 16.9 Å². The number of amides is 2. The molecule has 3 heterocycles. The summed E-state index contributed by atoms with van der Waals surface area (Å²) in [6.07, 6.45) is 3.90. The Morgan fingerprint density at radius 2 is 1.91 bits per heavy atom. The molecular weight excluding hydrogens is 592 g/mol. The van der Waals surface area contributed by atoms with Gasteiger partial charge < -0.3 is 10.1 Å². The standard InChI is InChI=1S/C30H33F2N7O4S/c1-19-27(21-11-13-26(33-17-21)37-44(3,4)41)36-39(22-8-6-5-7-9-22)29(19)35-30(40)34-25-18-38(14-15-42-2)43-28(25)20-10-12-23(31)24(32)16-20/h5-13,16-17,25,28H,14-15,18H2,1-4H3,(H2,34,35,40)/t25-,28+/m1/s1. The predicted octanol–water partition coefficient (Wildman–Crippen LogP) is 5.01. The van der Waals surface area contributed by atoms with Crippen LogP contribution in [0.2, 0.25) is 0 Å². The van der Waals surface area contributed by atoms with Crippen LogP contribution in [0.1, 0.15) is 17.2 Å². The number of rotatable bonds is 9. The number of para-hydroxylation sites is 1. The summed E-state index contributed by atoms with van der Waals surface area (Å²) in [5, 5.41) is 12.3. The number of hydroxylamine groups is 2. The lowest BCUT2D eigenvalue weighted by molar-refractivity contribution is -0.154. The van der Waals surface area contributed by atoms with E-state index in [0.717, 1.165) is 12.1 Å². The first-order chi connectivity index (χ1) is 21.0. The number of aromatic nitrogens is 3. The molecule has 0 bridgehead atoms. The molecule has 2 N–H and O–H groups in total. The highest BCUT2D eigenvalue weighted by atomic mass is 32.2. The zero-order chi connectivity index (χ0) is 31.4. The van der Waals surface area contributed by atoms with Crippen molar-refractivity contribution in [1.29, 1.82) is 0 Å². The minimum atomic E-state index is -2.37. The van der Waals surface area contributed by atoms with Crippen LogP contribution in [-0.2, 0) is 19.3 Å². The first-order valence-electron chi connectivity index (χ1n) is 13.7. The van der Waals surface area contributed by atoms with Crippen molar-refractivity contribution in [1.82, 2.24) is 25.1 Å². The van der Waals surface area contributed by atoms with Crippen molar-refractivity contribution in [3.05, 3.63) is 89.6 Å². The summed E-state index contributed by atoms with van der Waals surface area (Å²) in [4.78, 5) is 23.8. The smallest absolute Gasteiger partial charge is 0.320 e. The number of hydrogen-bond donors (Lipinski definition) is 2. The monoisotopic (exact) mass is 625 g/mol. The highest BCUT2D eigenvalue weighted by Crippen LogP contribution is 2.32. The second-order valence-electron chi connectivity index (χ2n) is 10.5. The molecular formula is C30H33F2N7O4S. The van der Waals surface area contributed by atoms with E-state index in [-0.39, 0.29) is 6.54 Å². The third kappa shape index (κ3) is 7.27. The van der Waals surface area contributed by atoms with Crippen molar-refractivity contribution in [2.75, 3.05) is 44.6 Å². The Morgan fingerprint density at radius 1 is 1.14 bits per heavy atom. The number of nitrogens with one attached hydrogen (secondary N) is 2. The molecule has 1 saturated heterocycles. The van der Waals surface area contributed by atoms with Gasteiger partial charge in [0.1, 0.15) is 11.9 Å². The molecule has 4 aromatic rings. The van der Waals surface area contributed by atoms with Gasteiger partial charge in [0.15, 0.2) is 17.5 Å². The molecule has 0 radical (unpaired) electrons. The van der Waals surface area contributed by atoms with Crippen molar-refractivity contribution in [2.45, 2.75) is 19.1 Å². The second kappa shape index (κ2) is 13.2. The molecule has 2 atom stereocenters. The normalized spacial score (nSPS) is 17.0. The number of nitrogens with zero attached hydrogens (tertiary/aromatic N) is 5. The Morgan fingerprint density at radius 3 is 2.57 bits per heavy atom. The number of benzene rings is 2. The zero-order valence-corrected chi connectivity index (χ0v) is 25.5. The van der Waals surface area contributed by atoms with Gasteiger partial charge in [0.25, 0.3) is 0 Å². The van der Waals surface area contributed by atoms with E-state index in [4.69, 9.17) is 14.7 Å². The summed E-state index contributed by atoms with van der Waals surface area (Å²) in [6, 6.07) is 15.1. The van der Waals surface area contributed by atoms with Crippen molar-refractivity contribution < 1.29 is 27.4 Å². The largest absolute Gasteiger partial charge is 0.383 e. The fourth-order valence-electron chi connectivity index (χ4n) is 4.82. The van der Waals surface area contributed by atoms with E-state index in [1.165, 1.54) is 18.6 Å². The van der Waals surface area contributed by atoms with Gasteiger partial charge in [-0.2, -0.15) is 14.5 Å². The van der Waals surface area contributed by atoms with Gasteiger partial charge in [0.05, 0.1) is 24.0 Å². The third-order valence-electron chi connectivity index (χ3n) is 6.85. The fraction of sp³-hybridized carbons (Fsp3) is 0.300. The molecule has 0 unspecified atom stereocenters. The highest BCUT2D eigenvalue weighted by molar-refractivity contribution is 7.92. The average molecular weight is 626 g/mol. The number of ether oxygens (including phenoxy) is 1. The number of carbonyl (C=O) groups excluding carboxylic acids is 1. The number of pyridine rings is 1. The van der Waals surface area contributed by atoms with Gasteiger partial charge in [-0.1, -0.05) is 24.3 Å². The van der Waals surface area contributed by atoms with Crippen molar-refractivity contribution in [2.24, 2.45) is 4.36 Å². The molecule has 14 heteroatoms. The van der Waals surface area contributed by atoms with E-state index < -0.39 is 39.5 Å². The number of carbonyl (C=O) groups is 1. The van der Waals surface area contributed by atoms with Gasteiger partial charge in [-0.05, 0) is 48.9 Å². The van der Waals surface area contributed by atoms with E-state index >= 15 is 0 Å². The number of methoxy groups -OCH3 is 1. The Bertz CT molecular complexity index is 1750. The van der Waals surface area contributed by atoms with Gasteiger partial charge in [0, 0.05) is 59.8 Å². The van der Waals surface area contributed by atoms with Crippen LogP contribution in [0.4, 0.5) is 25.2 Å². The lowest BCUT2D eigenvalue weighted by Crippen LogP contribution is -2.42. The molecule has 1 aliphatic rings.